The Labute approximate surface area is 171 Å². The monoisotopic (exact) mass is 402 g/mol. The highest BCUT2D eigenvalue weighted by Gasteiger charge is 2.37. The fraction of sp³-hybridized carbons (Fsp3) is 0.435. The molecular weight excluding hydrogens is 374 g/mol. The number of ether oxygens (including phenoxy) is 1. The van der Waals surface area contributed by atoms with Crippen molar-refractivity contribution in [2.45, 2.75) is 51.9 Å². The van der Waals surface area contributed by atoms with Crippen LogP contribution in [0.5, 0.6) is 0 Å². The normalized spacial score (nSPS) is 20.6. The van der Waals surface area contributed by atoms with Gasteiger partial charge in [-0.1, -0.05) is 36.4 Å². The van der Waals surface area contributed by atoms with Gasteiger partial charge in [0.05, 0.1) is 6.04 Å². The lowest BCUT2D eigenvalue weighted by molar-refractivity contribution is -0.0159. The number of hydrogen-bond donors (Lipinski definition) is 0. The van der Waals surface area contributed by atoms with Gasteiger partial charge >= 0.3 is 6.09 Å². The summed E-state index contributed by atoms with van der Waals surface area (Å²) < 4.78 is 33.0. The van der Waals surface area contributed by atoms with Crippen molar-refractivity contribution in [1.82, 2.24) is 9.80 Å². The fourth-order valence-electron chi connectivity index (χ4n) is 3.59. The molecule has 0 aromatic heterocycles. The first-order chi connectivity index (χ1) is 13.6. The molecule has 4 nitrogen and oxygen atoms in total. The van der Waals surface area contributed by atoms with Crippen molar-refractivity contribution in [3.63, 3.8) is 0 Å². The van der Waals surface area contributed by atoms with Gasteiger partial charge in [-0.15, -0.1) is 0 Å². The Morgan fingerprint density at radius 3 is 2.38 bits per heavy atom. The van der Waals surface area contributed by atoms with Crippen molar-refractivity contribution >= 4 is 6.09 Å². The number of hydrogen-bond acceptors (Lipinski definition) is 3. The van der Waals surface area contributed by atoms with Crippen LogP contribution in [0, 0.1) is 11.6 Å². The summed E-state index contributed by atoms with van der Waals surface area (Å²) in [6.45, 7) is 9.14. The molecule has 1 amide bonds. The van der Waals surface area contributed by atoms with Crippen molar-refractivity contribution in [2.75, 3.05) is 13.1 Å². The Kier molecular flexibility index (Phi) is 6.22. The highest BCUT2D eigenvalue weighted by atomic mass is 19.2. The number of benzene rings is 2. The van der Waals surface area contributed by atoms with Gasteiger partial charge in [0.25, 0.3) is 0 Å². The molecule has 0 spiro atoms. The standard InChI is InChI=1S/C23H28F2N2O2/c1-16-13-27(22(28)29-23(2,3)4)21(18-10-11-19(24)20(25)12-18)15-26(16)14-17-8-6-5-7-9-17/h5-12,16,21H,13-15H2,1-4H3/t16-,21-/m1/s1. The van der Waals surface area contributed by atoms with Crippen LogP contribution in [0.1, 0.15) is 44.9 Å². The van der Waals surface area contributed by atoms with E-state index in [1.54, 1.807) is 4.90 Å². The number of halogens is 2. The summed E-state index contributed by atoms with van der Waals surface area (Å²) in [7, 11) is 0. The number of carbonyl (C=O) groups is 1. The maximum atomic E-state index is 13.9. The van der Waals surface area contributed by atoms with Gasteiger partial charge in [-0.05, 0) is 51.0 Å². The molecule has 29 heavy (non-hydrogen) atoms. The quantitative estimate of drug-likeness (QED) is 0.712. The summed E-state index contributed by atoms with van der Waals surface area (Å²) in [4.78, 5) is 16.8. The molecule has 2 aromatic rings. The Morgan fingerprint density at radius 1 is 1.07 bits per heavy atom. The lowest BCUT2D eigenvalue weighted by atomic mass is 9.99. The smallest absolute Gasteiger partial charge is 0.410 e. The third kappa shape index (κ3) is 5.32. The second-order valence-corrected chi connectivity index (χ2v) is 8.59. The average molecular weight is 402 g/mol. The molecule has 0 aliphatic carbocycles. The molecule has 2 aromatic carbocycles. The van der Waals surface area contributed by atoms with E-state index in [4.69, 9.17) is 4.74 Å². The topological polar surface area (TPSA) is 32.8 Å². The minimum Gasteiger partial charge on any atom is -0.444 e. The minimum atomic E-state index is -0.917. The van der Waals surface area contributed by atoms with E-state index in [-0.39, 0.29) is 6.04 Å². The van der Waals surface area contributed by atoms with Crippen LogP contribution >= 0.6 is 0 Å². The van der Waals surface area contributed by atoms with Crippen molar-refractivity contribution < 1.29 is 18.3 Å². The second-order valence-electron chi connectivity index (χ2n) is 8.59. The molecule has 156 valence electrons. The summed E-state index contributed by atoms with van der Waals surface area (Å²) in [6.07, 6.45) is -0.446. The zero-order chi connectivity index (χ0) is 21.2. The average Bonchev–Trinajstić information content (AvgIpc) is 2.65. The van der Waals surface area contributed by atoms with E-state index >= 15 is 0 Å². The summed E-state index contributed by atoms with van der Waals surface area (Å²) >= 11 is 0. The maximum Gasteiger partial charge on any atom is 0.410 e. The second kappa shape index (κ2) is 8.49. The molecule has 1 fully saturated rings. The Bertz CT molecular complexity index is 852. The van der Waals surface area contributed by atoms with Crippen LogP contribution in [0.2, 0.25) is 0 Å². The Hall–Kier alpha value is -2.47. The summed E-state index contributed by atoms with van der Waals surface area (Å²) in [5.74, 6) is -1.82. The van der Waals surface area contributed by atoms with E-state index in [2.05, 4.69) is 24.0 Å². The molecule has 0 unspecified atom stereocenters. The number of nitrogens with zero attached hydrogens (tertiary/aromatic N) is 2. The Morgan fingerprint density at radius 2 is 1.76 bits per heavy atom. The van der Waals surface area contributed by atoms with Crippen LogP contribution < -0.4 is 0 Å². The predicted molar refractivity (Wildman–Crippen MR) is 108 cm³/mol. The molecule has 1 heterocycles. The van der Waals surface area contributed by atoms with E-state index in [9.17, 15) is 13.6 Å². The highest BCUT2D eigenvalue weighted by Crippen LogP contribution is 2.31. The molecule has 1 aliphatic rings. The van der Waals surface area contributed by atoms with E-state index in [0.717, 1.165) is 11.6 Å². The summed E-state index contributed by atoms with van der Waals surface area (Å²) in [5.41, 5.74) is 1.08. The molecular formula is C23H28F2N2O2. The minimum absolute atomic E-state index is 0.0873. The molecule has 0 radical (unpaired) electrons. The van der Waals surface area contributed by atoms with Crippen LogP contribution in [-0.4, -0.2) is 40.6 Å². The van der Waals surface area contributed by atoms with Crippen LogP contribution in [0.3, 0.4) is 0 Å². The third-order valence-electron chi connectivity index (χ3n) is 5.05. The first kappa shape index (κ1) is 21.2. The van der Waals surface area contributed by atoms with Crippen molar-refractivity contribution in [1.29, 1.82) is 0 Å². The molecule has 0 N–H and O–H groups in total. The van der Waals surface area contributed by atoms with Crippen LogP contribution in [0.4, 0.5) is 13.6 Å². The molecule has 6 heteroatoms. The zero-order valence-corrected chi connectivity index (χ0v) is 17.4. The largest absolute Gasteiger partial charge is 0.444 e. The number of rotatable bonds is 3. The van der Waals surface area contributed by atoms with Gasteiger partial charge in [0, 0.05) is 25.7 Å². The molecule has 0 saturated carbocycles. The van der Waals surface area contributed by atoms with Crippen LogP contribution in [0.15, 0.2) is 48.5 Å². The van der Waals surface area contributed by atoms with E-state index in [1.165, 1.54) is 12.1 Å². The van der Waals surface area contributed by atoms with Gasteiger partial charge in [0.15, 0.2) is 11.6 Å². The van der Waals surface area contributed by atoms with E-state index in [0.29, 0.717) is 25.2 Å². The molecule has 1 saturated heterocycles. The summed E-state index contributed by atoms with van der Waals surface area (Å²) in [5, 5.41) is 0. The zero-order valence-electron chi connectivity index (χ0n) is 17.4. The first-order valence-corrected chi connectivity index (χ1v) is 9.86. The Balaban J connectivity index is 1.89. The summed E-state index contributed by atoms with van der Waals surface area (Å²) in [6, 6.07) is 13.5. The lowest BCUT2D eigenvalue weighted by Crippen LogP contribution is -2.55. The fourth-order valence-corrected chi connectivity index (χ4v) is 3.59. The van der Waals surface area contributed by atoms with Gasteiger partial charge in [-0.3, -0.25) is 9.80 Å². The van der Waals surface area contributed by atoms with Crippen molar-refractivity contribution in [3.05, 3.63) is 71.3 Å². The van der Waals surface area contributed by atoms with Gasteiger partial charge in [-0.2, -0.15) is 0 Å². The molecule has 2 atom stereocenters. The SMILES string of the molecule is C[C@@H]1CN(C(=O)OC(C)(C)C)[C@@H](c2ccc(F)c(F)c2)CN1Cc1ccccc1. The molecule has 1 aliphatic heterocycles. The van der Waals surface area contributed by atoms with Gasteiger partial charge in [0.1, 0.15) is 5.60 Å². The van der Waals surface area contributed by atoms with Crippen LogP contribution in [-0.2, 0) is 11.3 Å². The van der Waals surface area contributed by atoms with E-state index in [1.807, 2.05) is 39.0 Å². The number of amides is 1. The third-order valence-corrected chi connectivity index (χ3v) is 5.05. The lowest BCUT2D eigenvalue weighted by Gasteiger charge is -2.45. The number of piperazine rings is 1. The van der Waals surface area contributed by atoms with Gasteiger partial charge in [-0.25, -0.2) is 13.6 Å². The van der Waals surface area contributed by atoms with Crippen molar-refractivity contribution in [3.8, 4) is 0 Å². The highest BCUT2D eigenvalue weighted by molar-refractivity contribution is 5.69. The van der Waals surface area contributed by atoms with E-state index < -0.39 is 29.4 Å². The maximum absolute atomic E-state index is 13.9. The van der Waals surface area contributed by atoms with Crippen LogP contribution in [0.25, 0.3) is 0 Å². The molecule has 0 bridgehead atoms. The van der Waals surface area contributed by atoms with Gasteiger partial charge in [0.2, 0.25) is 0 Å². The first-order valence-electron chi connectivity index (χ1n) is 9.86. The predicted octanol–water partition coefficient (Wildman–Crippen LogP) is 5.15. The van der Waals surface area contributed by atoms with Gasteiger partial charge < -0.3 is 4.74 Å². The molecule has 3 rings (SSSR count). The van der Waals surface area contributed by atoms with Crippen molar-refractivity contribution in [2.24, 2.45) is 0 Å². The number of carbonyl (C=O) groups excluding carboxylic acids is 1.